The zero-order chi connectivity index (χ0) is 35.3. The minimum absolute atomic E-state index is 0.0704. The fourth-order valence-corrected chi connectivity index (χ4v) is 10.1. The molecule has 3 fully saturated rings. The van der Waals surface area contributed by atoms with Gasteiger partial charge < -0.3 is 9.64 Å². The Kier molecular flexibility index (Phi) is 9.43. The Morgan fingerprint density at radius 2 is 1.88 bits per heavy atom. The molecule has 1 N–H and O–H groups in total. The molecular weight excluding hydrogens is 671 g/mol. The van der Waals surface area contributed by atoms with Crippen LogP contribution in [-0.2, 0) is 30.8 Å². The predicted octanol–water partition coefficient (Wildman–Crippen LogP) is 6.60. The third kappa shape index (κ3) is 7.13. The van der Waals surface area contributed by atoms with Gasteiger partial charge in [0.05, 0.1) is 33.0 Å². The zero-order valence-electron chi connectivity index (χ0n) is 29.2. The second-order valence-corrected chi connectivity index (χ2v) is 18.6. The molecule has 0 bridgehead atoms. The summed E-state index contributed by atoms with van der Waals surface area (Å²) in [5.41, 5.74) is 3.02. The summed E-state index contributed by atoms with van der Waals surface area (Å²) in [6.45, 7) is 5.96. The van der Waals surface area contributed by atoms with Crippen molar-refractivity contribution in [3.05, 3.63) is 71.3 Å². The molecule has 2 aromatic carbocycles. The van der Waals surface area contributed by atoms with Crippen molar-refractivity contribution in [1.82, 2.24) is 14.6 Å². The topological polar surface area (TPSA) is 123 Å². The molecule has 4 aliphatic rings. The number of hydrogen-bond donors (Lipinski definition) is 1. The van der Waals surface area contributed by atoms with Crippen molar-refractivity contribution in [2.75, 3.05) is 6.54 Å². The van der Waals surface area contributed by atoms with Gasteiger partial charge in [-0.15, -0.1) is 0 Å². The molecule has 5 atom stereocenters. The summed E-state index contributed by atoms with van der Waals surface area (Å²) in [5, 5.41) is 0.497. The summed E-state index contributed by atoms with van der Waals surface area (Å²) in [5.74, 6) is -1.46. The van der Waals surface area contributed by atoms with E-state index in [1.165, 1.54) is 11.3 Å². The number of carbonyl (C=O) groups is 3. The number of ketones is 1. The molecule has 0 radical (unpaired) electrons. The molecule has 1 saturated heterocycles. The SMILES string of the molecule is Cc1cccc(C[C@H]2CCCCC/C=C\[C@@H]3C[C@@]3(C(=O)NS(=O)(=O)C3(C)CC3)CC(=O)[C@@H]3C[C@@H](Oc4nc5ccc(C)cc5s4)CN3C2=O)c1. The molecule has 2 aliphatic carbocycles. The number of allylic oxidation sites excluding steroid dienone is 2. The van der Waals surface area contributed by atoms with E-state index in [2.05, 4.69) is 34.0 Å². The number of Topliss-reactive ketones (excluding diaryl/α,β-unsaturated/α-hetero) is 1. The molecule has 50 heavy (non-hydrogen) atoms. The second-order valence-electron chi connectivity index (χ2n) is 15.4. The molecule has 7 rings (SSSR count). The lowest BCUT2D eigenvalue weighted by Gasteiger charge is -2.29. The third-order valence-electron chi connectivity index (χ3n) is 11.3. The van der Waals surface area contributed by atoms with Gasteiger partial charge in [-0.1, -0.05) is 72.2 Å². The highest BCUT2D eigenvalue weighted by Gasteiger charge is 2.62. The van der Waals surface area contributed by atoms with Gasteiger partial charge in [0.1, 0.15) is 6.10 Å². The Bertz CT molecular complexity index is 1950. The fraction of sp³-hybridized carbons (Fsp3) is 0.538. The Morgan fingerprint density at radius 3 is 2.66 bits per heavy atom. The summed E-state index contributed by atoms with van der Waals surface area (Å²) in [4.78, 5) is 49.3. The van der Waals surface area contributed by atoms with Crippen molar-refractivity contribution >= 4 is 49.2 Å². The maximum Gasteiger partial charge on any atom is 0.274 e. The number of ether oxygens (including phenoxy) is 1. The molecule has 0 spiro atoms. The first-order valence-electron chi connectivity index (χ1n) is 18.0. The van der Waals surface area contributed by atoms with E-state index in [0.29, 0.717) is 37.3 Å². The molecule has 11 heteroatoms. The van der Waals surface area contributed by atoms with Crippen LogP contribution in [0.5, 0.6) is 5.19 Å². The van der Waals surface area contributed by atoms with Gasteiger partial charge in [0.2, 0.25) is 21.8 Å². The lowest BCUT2D eigenvalue weighted by atomic mass is 9.89. The highest BCUT2D eigenvalue weighted by Crippen LogP contribution is 2.57. The summed E-state index contributed by atoms with van der Waals surface area (Å²) >= 11 is 1.45. The van der Waals surface area contributed by atoms with Crippen LogP contribution in [-0.4, -0.2) is 59.3 Å². The number of nitrogens with one attached hydrogen (secondary N) is 1. The predicted molar refractivity (Wildman–Crippen MR) is 194 cm³/mol. The number of aryl methyl sites for hydroxylation is 2. The first-order chi connectivity index (χ1) is 23.9. The first kappa shape index (κ1) is 34.9. The highest BCUT2D eigenvalue weighted by atomic mass is 32.2. The smallest absolute Gasteiger partial charge is 0.274 e. The lowest BCUT2D eigenvalue weighted by molar-refractivity contribution is -0.142. The van der Waals surface area contributed by atoms with Crippen LogP contribution in [0.15, 0.2) is 54.6 Å². The number of hydrogen-bond acceptors (Lipinski definition) is 8. The van der Waals surface area contributed by atoms with Crippen LogP contribution in [0.4, 0.5) is 0 Å². The molecule has 2 amide bonds. The number of carbonyl (C=O) groups excluding carboxylic acids is 3. The van der Waals surface area contributed by atoms with Crippen molar-refractivity contribution < 1.29 is 27.5 Å². The third-order valence-corrected chi connectivity index (χ3v) is 14.4. The van der Waals surface area contributed by atoms with Crippen LogP contribution in [0.25, 0.3) is 10.2 Å². The largest absolute Gasteiger partial charge is 0.465 e. The van der Waals surface area contributed by atoms with Crippen molar-refractivity contribution in [3.63, 3.8) is 0 Å². The van der Waals surface area contributed by atoms with E-state index in [1.54, 1.807) is 11.8 Å². The van der Waals surface area contributed by atoms with E-state index < -0.39 is 38.2 Å². The van der Waals surface area contributed by atoms with Crippen LogP contribution >= 0.6 is 11.3 Å². The maximum absolute atomic E-state index is 14.6. The van der Waals surface area contributed by atoms with Gasteiger partial charge in [-0.05, 0) is 94.9 Å². The van der Waals surface area contributed by atoms with Crippen LogP contribution in [0.1, 0.15) is 87.8 Å². The van der Waals surface area contributed by atoms with Crippen molar-refractivity contribution in [3.8, 4) is 5.19 Å². The Morgan fingerprint density at radius 1 is 1.08 bits per heavy atom. The summed E-state index contributed by atoms with van der Waals surface area (Å²) < 4.78 is 35.1. The summed E-state index contributed by atoms with van der Waals surface area (Å²) in [6.07, 6.45) is 10.1. The van der Waals surface area contributed by atoms with Crippen LogP contribution < -0.4 is 9.46 Å². The highest BCUT2D eigenvalue weighted by molar-refractivity contribution is 7.91. The first-order valence-corrected chi connectivity index (χ1v) is 20.3. The van der Waals surface area contributed by atoms with Gasteiger partial charge >= 0.3 is 0 Å². The van der Waals surface area contributed by atoms with E-state index in [1.807, 2.05) is 44.2 Å². The van der Waals surface area contributed by atoms with Crippen LogP contribution in [0.3, 0.4) is 0 Å². The minimum Gasteiger partial charge on any atom is -0.465 e. The Labute approximate surface area is 298 Å². The molecule has 9 nitrogen and oxygen atoms in total. The van der Waals surface area contributed by atoms with Gasteiger partial charge in [-0.25, -0.2) is 13.4 Å². The normalized spacial score (nSPS) is 29.0. The zero-order valence-corrected chi connectivity index (χ0v) is 30.8. The number of amides is 2. The molecule has 0 unspecified atom stereocenters. The van der Waals surface area contributed by atoms with Crippen LogP contribution in [0, 0.1) is 31.1 Å². The number of fused-ring (bicyclic) bond motifs is 3. The minimum atomic E-state index is -3.88. The average Bonchev–Trinajstić information content (AvgIpc) is 3.88. The Balaban J connectivity index is 1.19. The van der Waals surface area contributed by atoms with E-state index in [0.717, 1.165) is 52.6 Å². The molecule has 2 aliphatic heterocycles. The van der Waals surface area contributed by atoms with Gasteiger partial charge in [-0.2, -0.15) is 0 Å². The fourth-order valence-electron chi connectivity index (χ4n) is 7.75. The molecule has 3 aromatic rings. The molecule has 1 aromatic heterocycles. The Hall–Kier alpha value is -3.57. The van der Waals surface area contributed by atoms with Gasteiger partial charge in [0, 0.05) is 18.8 Å². The van der Waals surface area contributed by atoms with Gasteiger partial charge in [0.15, 0.2) is 5.78 Å². The van der Waals surface area contributed by atoms with E-state index in [9.17, 15) is 22.8 Å². The maximum atomic E-state index is 14.6. The second kappa shape index (κ2) is 13.5. The number of rotatable bonds is 7. The van der Waals surface area contributed by atoms with Gasteiger partial charge in [0.25, 0.3) is 5.19 Å². The quantitative estimate of drug-likeness (QED) is 0.273. The van der Waals surface area contributed by atoms with E-state index >= 15 is 0 Å². The summed E-state index contributed by atoms with van der Waals surface area (Å²) in [6, 6.07) is 13.5. The lowest BCUT2D eigenvalue weighted by Crippen LogP contribution is -2.47. The van der Waals surface area contributed by atoms with E-state index in [4.69, 9.17) is 4.74 Å². The van der Waals surface area contributed by atoms with Crippen molar-refractivity contribution in [2.45, 2.75) is 108 Å². The monoisotopic (exact) mass is 717 g/mol. The number of thiazole rings is 1. The van der Waals surface area contributed by atoms with Crippen LogP contribution in [0.2, 0.25) is 0 Å². The molecular formula is C39H47N3O6S2. The average molecular weight is 718 g/mol. The number of aromatic nitrogens is 1. The number of sulfonamides is 1. The molecule has 3 heterocycles. The van der Waals surface area contributed by atoms with Crippen molar-refractivity contribution in [1.29, 1.82) is 0 Å². The van der Waals surface area contributed by atoms with Gasteiger partial charge in [-0.3, -0.25) is 19.1 Å². The standard InChI is InChI=1S/C39H47N3O6S2/c1-25-10-9-11-27(18-25)20-28-12-7-5-4-6-8-13-29-22-39(29,36(45)41-50(46,47)38(3)16-17-38)23-33(43)32-21-30(24-42(32)35(28)44)48-37-40-31-15-14-26(2)19-34(31)49-37/h8-11,13-15,18-19,28-30,32H,4-7,12,16-17,20-24H2,1-3H3,(H,41,45)/b13-8-/t28-,29-,30-,32+,39-/m1/s1. The molecule has 266 valence electrons. The van der Waals surface area contributed by atoms with Crippen molar-refractivity contribution in [2.24, 2.45) is 17.3 Å². The van der Waals surface area contributed by atoms with E-state index in [-0.39, 0.29) is 42.9 Å². The number of benzene rings is 2. The number of nitrogens with zero attached hydrogens (tertiary/aromatic N) is 2. The molecule has 2 saturated carbocycles. The summed E-state index contributed by atoms with van der Waals surface area (Å²) in [7, 11) is -3.88.